The molecule has 2 heterocycles. The first kappa shape index (κ1) is 16.8. The fourth-order valence-electron chi connectivity index (χ4n) is 1.75. The molecule has 0 saturated heterocycles. The van der Waals surface area contributed by atoms with Gasteiger partial charge in [-0.25, -0.2) is 9.78 Å². The predicted octanol–water partition coefficient (Wildman–Crippen LogP) is 3.81. The predicted molar refractivity (Wildman–Crippen MR) is 93.0 cm³/mol. The molecule has 0 fully saturated rings. The Morgan fingerprint density at radius 1 is 1.35 bits per heavy atom. The summed E-state index contributed by atoms with van der Waals surface area (Å²) in [5.74, 6) is 0.305. The van der Waals surface area contributed by atoms with E-state index in [1.54, 1.807) is 19.2 Å². The van der Waals surface area contributed by atoms with Crippen LogP contribution in [0.5, 0.6) is 0 Å². The first-order chi connectivity index (χ1) is 11.1. The summed E-state index contributed by atoms with van der Waals surface area (Å²) in [7, 11) is 0. The van der Waals surface area contributed by atoms with Crippen LogP contribution < -0.4 is 5.32 Å². The second-order valence-electron chi connectivity index (χ2n) is 4.65. The van der Waals surface area contributed by atoms with Crippen LogP contribution in [-0.4, -0.2) is 27.7 Å². The molecule has 0 radical (unpaired) electrons. The first-order valence-corrected chi connectivity index (χ1v) is 7.53. The zero-order valence-corrected chi connectivity index (χ0v) is 13.8. The van der Waals surface area contributed by atoms with E-state index in [0.29, 0.717) is 23.7 Å². The van der Waals surface area contributed by atoms with Gasteiger partial charge in [-0.3, -0.25) is 5.32 Å². The van der Waals surface area contributed by atoms with Crippen molar-refractivity contribution >= 4 is 35.8 Å². The van der Waals surface area contributed by atoms with Crippen molar-refractivity contribution in [2.75, 3.05) is 11.9 Å². The van der Waals surface area contributed by atoms with Crippen LogP contribution in [0.15, 0.2) is 47.5 Å². The topological polar surface area (TPSA) is 79.9 Å². The monoisotopic (exact) mass is 330 g/mol. The molecule has 23 heavy (non-hydrogen) atoms. The number of H-pyrrole nitrogens is 1. The molecule has 0 saturated carbocycles. The van der Waals surface area contributed by atoms with E-state index in [0.717, 1.165) is 4.90 Å². The number of fused-ring (bicyclic) bond motifs is 1. The molecular weight excluding hydrogens is 312 g/mol. The normalized spacial score (nSPS) is 9.87. The Morgan fingerprint density at radius 3 is 2.70 bits per heavy atom. The maximum absolute atomic E-state index is 11.1. The number of ether oxygens (including phenoxy) is 1. The summed E-state index contributed by atoms with van der Waals surface area (Å²) in [4.78, 5) is 22.8. The van der Waals surface area contributed by atoms with Crippen molar-refractivity contribution in [3.8, 4) is 0 Å². The fourth-order valence-corrected chi connectivity index (χ4v) is 1.93. The molecule has 3 rings (SSSR count). The van der Waals surface area contributed by atoms with Crippen molar-refractivity contribution in [3.05, 3.63) is 48.2 Å². The maximum atomic E-state index is 11.1. The summed E-state index contributed by atoms with van der Waals surface area (Å²) in [5, 5.41) is 2.46. The number of pyridine rings is 1. The summed E-state index contributed by atoms with van der Waals surface area (Å²) in [6, 6.07) is 12.0. The highest BCUT2D eigenvalue weighted by Gasteiger charge is 2.07. The number of nitrogens with zero attached hydrogens (tertiary/aromatic N) is 2. The van der Waals surface area contributed by atoms with E-state index in [1.165, 1.54) is 5.56 Å². The standard InChI is InChI=1S/C9H10N4O2S.C7H8/c1-2-15-9(14)13-8-11-6-3-5(16)4-10-7(6)12-8;1-7-5-3-2-4-6-7/h3-4,16H,2H2,1H3,(H2,10,11,12,13,14);2-6H,1H3. The van der Waals surface area contributed by atoms with E-state index in [2.05, 4.69) is 52.0 Å². The Hall–Kier alpha value is -2.54. The molecule has 0 aliphatic carbocycles. The maximum Gasteiger partial charge on any atom is 0.413 e. The van der Waals surface area contributed by atoms with Crippen LogP contribution in [0.2, 0.25) is 0 Å². The highest BCUT2D eigenvalue weighted by molar-refractivity contribution is 7.80. The van der Waals surface area contributed by atoms with Crippen molar-refractivity contribution in [3.63, 3.8) is 0 Å². The molecule has 2 N–H and O–H groups in total. The smallest absolute Gasteiger partial charge is 0.413 e. The highest BCUT2D eigenvalue weighted by atomic mass is 32.1. The lowest BCUT2D eigenvalue weighted by molar-refractivity contribution is 0.167. The van der Waals surface area contributed by atoms with Crippen molar-refractivity contribution in [2.45, 2.75) is 18.7 Å². The number of nitrogens with one attached hydrogen (secondary N) is 2. The van der Waals surface area contributed by atoms with Crippen LogP contribution in [0.25, 0.3) is 11.2 Å². The average Bonchev–Trinajstić information content (AvgIpc) is 2.90. The Labute approximate surface area is 139 Å². The number of hydrogen-bond acceptors (Lipinski definition) is 5. The first-order valence-electron chi connectivity index (χ1n) is 7.08. The van der Waals surface area contributed by atoms with E-state index in [-0.39, 0.29) is 0 Å². The third kappa shape index (κ3) is 5.30. The Bertz CT molecular complexity index is 774. The van der Waals surface area contributed by atoms with E-state index in [9.17, 15) is 4.79 Å². The van der Waals surface area contributed by atoms with E-state index >= 15 is 0 Å². The summed E-state index contributed by atoms with van der Waals surface area (Å²) in [6.45, 7) is 4.12. The number of carbonyl (C=O) groups excluding carboxylic acids is 1. The second-order valence-corrected chi connectivity index (χ2v) is 5.17. The molecule has 1 aromatic carbocycles. The van der Waals surface area contributed by atoms with Crippen LogP contribution in [0.1, 0.15) is 12.5 Å². The summed E-state index contributed by atoms with van der Waals surface area (Å²) in [5.41, 5.74) is 2.55. The number of hydrogen-bond donors (Lipinski definition) is 3. The molecule has 120 valence electrons. The fraction of sp³-hybridized carbons (Fsp3) is 0.188. The minimum Gasteiger partial charge on any atom is -0.450 e. The van der Waals surface area contributed by atoms with Crippen LogP contribution in [0.4, 0.5) is 10.7 Å². The lowest BCUT2D eigenvalue weighted by atomic mass is 10.2. The molecule has 1 amide bonds. The van der Waals surface area contributed by atoms with Gasteiger partial charge >= 0.3 is 6.09 Å². The van der Waals surface area contributed by atoms with E-state index < -0.39 is 6.09 Å². The van der Waals surface area contributed by atoms with E-state index in [1.807, 2.05) is 18.2 Å². The number of anilines is 1. The Kier molecular flexibility index (Phi) is 5.99. The van der Waals surface area contributed by atoms with Gasteiger partial charge in [0.15, 0.2) is 5.65 Å². The SMILES string of the molecule is CCOC(=O)Nc1nc2ncc(S)cc2[nH]1.Cc1ccccc1. The highest BCUT2D eigenvalue weighted by Crippen LogP contribution is 2.15. The molecule has 2 aromatic heterocycles. The van der Waals surface area contributed by atoms with Gasteiger partial charge in [-0.1, -0.05) is 35.9 Å². The van der Waals surface area contributed by atoms with Gasteiger partial charge in [0, 0.05) is 11.1 Å². The molecule has 0 spiro atoms. The van der Waals surface area contributed by atoms with Gasteiger partial charge in [-0.05, 0) is 19.9 Å². The zero-order chi connectivity index (χ0) is 16.7. The molecule has 0 bridgehead atoms. The molecule has 0 aliphatic heterocycles. The van der Waals surface area contributed by atoms with Crippen LogP contribution in [0.3, 0.4) is 0 Å². The largest absolute Gasteiger partial charge is 0.450 e. The Morgan fingerprint density at radius 2 is 2.09 bits per heavy atom. The van der Waals surface area contributed by atoms with Crippen molar-refractivity contribution in [2.24, 2.45) is 0 Å². The Balaban J connectivity index is 0.000000229. The molecular formula is C16H18N4O2S. The molecule has 0 atom stereocenters. The number of aromatic amines is 1. The number of thiol groups is 1. The van der Waals surface area contributed by atoms with Gasteiger partial charge < -0.3 is 9.72 Å². The van der Waals surface area contributed by atoms with Crippen molar-refractivity contribution in [1.29, 1.82) is 0 Å². The van der Waals surface area contributed by atoms with Crippen LogP contribution in [0, 0.1) is 6.92 Å². The number of imidazole rings is 1. The third-order valence-corrected chi connectivity index (χ3v) is 3.00. The lowest BCUT2D eigenvalue weighted by Gasteiger charge is -2.00. The molecule has 0 aliphatic rings. The minimum atomic E-state index is -0.548. The number of carbonyl (C=O) groups is 1. The summed E-state index contributed by atoms with van der Waals surface area (Å²) in [6.07, 6.45) is 1.04. The molecule has 0 unspecified atom stereocenters. The second kappa shape index (κ2) is 8.19. The van der Waals surface area contributed by atoms with Gasteiger partial charge in [0.1, 0.15) is 0 Å². The minimum absolute atomic E-state index is 0.305. The van der Waals surface area contributed by atoms with Crippen LogP contribution in [-0.2, 0) is 4.74 Å². The summed E-state index contributed by atoms with van der Waals surface area (Å²) >= 11 is 4.15. The molecule has 3 aromatic rings. The quantitative estimate of drug-likeness (QED) is 0.624. The van der Waals surface area contributed by atoms with Gasteiger partial charge in [-0.2, -0.15) is 4.98 Å². The van der Waals surface area contributed by atoms with Crippen LogP contribution >= 0.6 is 12.6 Å². The lowest BCUT2D eigenvalue weighted by Crippen LogP contribution is -2.14. The summed E-state index contributed by atoms with van der Waals surface area (Å²) < 4.78 is 4.72. The van der Waals surface area contributed by atoms with Gasteiger partial charge in [0.05, 0.1) is 12.1 Å². The number of amides is 1. The van der Waals surface area contributed by atoms with Gasteiger partial charge in [-0.15, -0.1) is 12.6 Å². The van der Waals surface area contributed by atoms with Crippen molar-refractivity contribution < 1.29 is 9.53 Å². The number of benzene rings is 1. The number of rotatable bonds is 2. The number of aryl methyl sites for hydroxylation is 1. The average molecular weight is 330 g/mol. The molecule has 7 heteroatoms. The van der Waals surface area contributed by atoms with Crippen molar-refractivity contribution in [1.82, 2.24) is 15.0 Å². The van der Waals surface area contributed by atoms with Gasteiger partial charge in [0.25, 0.3) is 0 Å². The van der Waals surface area contributed by atoms with E-state index in [4.69, 9.17) is 4.74 Å². The third-order valence-electron chi connectivity index (χ3n) is 2.76. The number of aromatic nitrogens is 3. The zero-order valence-electron chi connectivity index (χ0n) is 12.9. The van der Waals surface area contributed by atoms with Gasteiger partial charge in [0.2, 0.25) is 5.95 Å². The molecule has 6 nitrogen and oxygen atoms in total.